The molecule has 7 nitrogen and oxygen atoms in total. The molecule has 0 radical (unpaired) electrons. The van der Waals surface area contributed by atoms with Gasteiger partial charge in [0.15, 0.2) is 11.2 Å². The maximum atomic E-state index is 12.3. The second-order valence-electron chi connectivity index (χ2n) is 5.67. The summed E-state index contributed by atoms with van der Waals surface area (Å²) in [5, 5.41) is 3.84. The Morgan fingerprint density at radius 1 is 1.32 bits per heavy atom. The van der Waals surface area contributed by atoms with Crippen molar-refractivity contribution >= 4 is 28.7 Å². The number of aromatic nitrogens is 4. The van der Waals surface area contributed by atoms with Gasteiger partial charge in [-0.25, -0.2) is 4.79 Å². The number of aryl methyl sites for hydroxylation is 1. The lowest BCUT2D eigenvalue weighted by molar-refractivity contribution is 0.817. The summed E-state index contributed by atoms with van der Waals surface area (Å²) in [5.41, 5.74) is 0.754. The van der Waals surface area contributed by atoms with Crippen LogP contribution in [0, 0.1) is 0 Å². The van der Waals surface area contributed by atoms with Crippen LogP contribution in [0.4, 0.5) is 5.95 Å². The smallest absolute Gasteiger partial charge is 0.329 e. The predicted molar refractivity (Wildman–Crippen MR) is 99.0 cm³/mol. The van der Waals surface area contributed by atoms with E-state index in [1.165, 1.54) is 4.57 Å². The molecule has 3 rings (SSSR count). The molecule has 0 bridgehead atoms. The van der Waals surface area contributed by atoms with Gasteiger partial charge in [-0.2, -0.15) is 4.98 Å². The summed E-state index contributed by atoms with van der Waals surface area (Å²) in [4.78, 5) is 30.9. The van der Waals surface area contributed by atoms with Crippen LogP contribution in [0.15, 0.2) is 51.0 Å². The summed E-state index contributed by atoms with van der Waals surface area (Å²) in [6, 6.07) is 9.83. The van der Waals surface area contributed by atoms with E-state index in [0.29, 0.717) is 35.2 Å². The summed E-state index contributed by atoms with van der Waals surface area (Å²) >= 11 is 5.93. The molecule has 8 heteroatoms. The molecule has 1 aromatic carbocycles. The Bertz CT molecular complexity index is 1040. The fourth-order valence-corrected chi connectivity index (χ4v) is 2.61. The topological polar surface area (TPSA) is 84.7 Å². The fourth-order valence-electron chi connectivity index (χ4n) is 2.54. The molecule has 2 heterocycles. The van der Waals surface area contributed by atoms with E-state index in [0.717, 1.165) is 5.56 Å². The van der Waals surface area contributed by atoms with Gasteiger partial charge in [0.05, 0.1) is 0 Å². The number of imidazole rings is 1. The predicted octanol–water partition coefficient (Wildman–Crippen LogP) is 2.18. The highest BCUT2D eigenvalue weighted by atomic mass is 35.5. The SMILES string of the molecule is C/C(Cl)=C/Cn1c(NCc2ccccc2)nc2c1c(=O)[nH]c(=O)n2C. The molecular weight excluding hydrogens is 342 g/mol. The van der Waals surface area contributed by atoms with Crippen LogP contribution in [0.2, 0.25) is 0 Å². The average molecular weight is 360 g/mol. The number of nitrogens with one attached hydrogen (secondary N) is 2. The number of allylic oxidation sites excluding steroid dienone is 2. The fraction of sp³-hybridized carbons (Fsp3) is 0.235. The Labute approximate surface area is 148 Å². The van der Waals surface area contributed by atoms with Crippen molar-refractivity contribution in [3.8, 4) is 0 Å². The zero-order valence-electron chi connectivity index (χ0n) is 13.9. The van der Waals surface area contributed by atoms with Crippen molar-refractivity contribution in [3.63, 3.8) is 0 Å². The van der Waals surface area contributed by atoms with Crippen LogP contribution in [0.3, 0.4) is 0 Å². The lowest BCUT2D eigenvalue weighted by atomic mass is 10.2. The van der Waals surface area contributed by atoms with E-state index in [2.05, 4.69) is 15.3 Å². The molecule has 0 spiro atoms. The van der Waals surface area contributed by atoms with Crippen molar-refractivity contribution < 1.29 is 0 Å². The monoisotopic (exact) mass is 359 g/mol. The third kappa shape index (κ3) is 3.51. The Morgan fingerprint density at radius 2 is 2.04 bits per heavy atom. The summed E-state index contributed by atoms with van der Waals surface area (Å²) < 4.78 is 3.03. The molecule has 0 saturated carbocycles. The summed E-state index contributed by atoms with van der Waals surface area (Å²) in [7, 11) is 1.57. The van der Waals surface area contributed by atoms with Crippen molar-refractivity contribution in [2.75, 3.05) is 5.32 Å². The molecule has 2 aromatic heterocycles. The van der Waals surface area contributed by atoms with Gasteiger partial charge in [-0.3, -0.25) is 14.3 Å². The van der Waals surface area contributed by atoms with Crippen LogP contribution < -0.4 is 16.6 Å². The van der Waals surface area contributed by atoms with Gasteiger partial charge in [0, 0.05) is 25.2 Å². The Hall–Kier alpha value is -2.80. The highest BCUT2D eigenvalue weighted by Crippen LogP contribution is 2.17. The van der Waals surface area contributed by atoms with E-state index in [9.17, 15) is 9.59 Å². The standard InChI is InChI=1S/C17H18ClN5O2/c1-11(18)8-9-23-13-14(22(2)17(25)21-15(13)24)20-16(23)19-10-12-6-4-3-5-7-12/h3-8H,9-10H2,1-2H3,(H,19,20)(H,21,24,25)/b11-8-. The Balaban J connectivity index is 2.09. The summed E-state index contributed by atoms with van der Waals surface area (Å²) in [5.74, 6) is 0.500. The number of aromatic amines is 1. The van der Waals surface area contributed by atoms with Gasteiger partial charge < -0.3 is 9.88 Å². The van der Waals surface area contributed by atoms with Crippen molar-refractivity contribution in [1.82, 2.24) is 19.1 Å². The maximum Gasteiger partial charge on any atom is 0.329 e. The number of halogens is 1. The molecular formula is C17H18ClN5O2. The quantitative estimate of drug-likeness (QED) is 0.731. The van der Waals surface area contributed by atoms with E-state index in [-0.39, 0.29) is 0 Å². The van der Waals surface area contributed by atoms with Crippen LogP contribution in [0.25, 0.3) is 11.2 Å². The minimum absolute atomic E-state index is 0.324. The van der Waals surface area contributed by atoms with Crippen LogP contribution in [0.5, 0.6) is 0 Å². The molecule has 0 unspecified atom stereocenters. The Kier molecular flexibility index (Phi) is 4.76. The first-order chi connectivity index (χ1) is 12.0. The first-order valence-corrected chi connectivity index (χ1v) is 8.14. The normalized spacial score (nSPS) is 11.9. The van der Waals surface area contributed by atoms with Gasteiger partial charge in [-0.05, 0) is 12.5 Å². The van der Waals surface area contributed by atoms with Crippen LogP contribution in [-0.2, 0) is 20.1 Å². The molecule has 0 amide bonds. The Morgan fingerprint density at radius 3 is 2.72 bits per heavy atom. The molecule has 0 atom stereocenters. The van der Waals surface area contributed by atoms with E-state index < -0.39 is 11.2 Å². The first kappa shape index (κ1) is 17.0. The van der Waals surface area contributed by atoms with E-state index >= 15 is 0 Å². The van der Waals surface area contributed by atoms with Gasteiger partial charge in [0.25, 0.3) is 5.56 Å². The first-order valence-electron chi connectivity index (χ1n) is 7.77. The van der Waals surface area contributed by atoms with Crippen molar-refractivity contribution in [3.05, 3.63) is 67.8 Å². The largest absolute Gasteiger partial charge is 0.351 e. The minimum atomic E-state index is -0.499. The van der Waals surface area contributed by atoms with Crippen LogP contribution >= 0.6 is 11.6 Å². The second-order valence-corrected chi connectivity index (χ2v) is 6.26. The molecule has 0 fully saturated rings. The number of anilines is 1. The number of H-pyrrole nitrogens is 1. The van der Waals surface area contributed by atoms with Crippen LogP contribution in [0.1, 0.15) is 12.5 Å². The van der Waals surface area contributed by atoms with E-state index in [1.807, 2.05) is 30.3 Å². The summed E-state index contributed by atoms with van der Waals surface area (Å²) in [6.07, 6.45) is 1.78. The number of benzene rings is 1. The lowest BCUT2D eigenvalue weighted by Crippen LogP contribution is -2.29. The van der Waals surface area contributed by atoms with Crippen molar-refractivity contribution in [2.24, 2.45) is 7.05 Å². The van der Waals surface area contributed by atoms with Gasteiger partial charge >= 0.3 is 5.69 Å². The van der Waals surface area contributed by atoms with E-state index in [4.69, 9.17) is 11.6 Å². The van der Waals surface area contributed by atoms with Crippen molar-refractivity contribution in [2.45, 2.75) is 20.0 Å². The van der Waals surface area contributed by atoms with Crippen molar-refractivity contribution in [1.29, 1.82) is 0 Å². The number of hydrogen-bond donors (Lipinski definition) is 2. The third-order valence-electron chi connectivity index (χ3n) is 3.86. The highest BCUT2D eigenvalue weighted by Gasteiger charge is 2.16. The number of nitrogens with zero attached hydrogens (tertiary/aromatic N) is 3. The van der Waals surface area contributed by atoms with Gasteiger partial charge in [0.1, 0.15) is 0 Å². The van der Waals surface area contributed by atoms with Crippen LogP contribution in [-0.4, -0.2) is 19.1 Å². The number of hydrogen-bond acceptors (Lipinski definition) is 4. The maximum absolute atomic E-state index is 12.3. The minimum Gasteiger partial charge on any atom is -0.351 e. The highest BCUT2D eigenvalue weighted by molar-refractivity contribution is 6.29. The molecule has 0 saturated heterocycles. The molecule has 0 aliphatic rings. The molecule has 25 heavy (non-hydrogen) atoms. The zero-order chi connectivity index (χ0) is 18.0. The van der Waals surface area contributed by atoms with Gasteiger partial charge in [-0.15, -0.1) is 0 Å². The molecule has 3 aromatic rings. The number of rotatable bonds is 5. The van der Waals surface area contributed by atoms with Gasteiger partial charge in [0.2, 0.25) is 5.95 Å². The van der Waals surface area contributed by atoms with E-state index in [1.54, 1.807) is 24.6 Å². The zero-order valence-corrected chi connectivity index (χ0v) is 14.7. The summed E-state index contributed by atoms with van der Waals surface area (Å²) in [6.45, 7) is 2.67. The second kappa shape index (κ2) is 6.98. The number of fused-ring (bicyclic) bond motifs is 1. The molecule has 0 aliphatic heterocycles. The average Bonchev–Trinajstić information content (AvgIpc) is 2.96. The van der Waals surface area contributed by atoms with Gasteiger partial charge in [-0.1, -0.05) is 48.0 Å². The molecule has 0 aliphatic carbocycles. The molecule has 2 N–H and O–H groups in total. The third-order valence-corrected chi connectivity index (χ3v) is 4.01. The molecule has 130 valence electrons. The lowest BCUT2D eigenvalue weighted by Gasteiger charge is -2.08.